The molecule has 9 heteroatoms. The maximum Gasteiger partial charge on any atom is 0.153 e. The number of nitrogens with one attached hydrogen (secondary N) is 2. The molecule has 0 fully saturated rings. The van der Waals surface area contributed by atoms with Gasteiger partial charge in [-0.15, -0.1) is 24.8 Å². The van der Waals surface area contributed by atoms with Crippen molar-refractivity contribution in [3.05, 3.63) is 58.6 Å². The normalized spacial score (nSPS) is 15.4. The molecule has 4 N–H and O–H groups in total. The van der Waals surface area contributed by atoms with Crippen LogP contribution in [0.3, 0.4) is 0 Å². The molecule has 1 heterocycles. The minimum absolute atomic E-state index is 0. The third-order valence-electron chi connectivity index (χ3n) is 4.53. The van der Waals surface area contributed by atoms with Gasteiger partial charge in [0.25, 0.3) is 0 Å². The van der Waals surface area contributed by atoms with E-state index in [1.165, 1.54) is 0 Å². The molecule has 0 aliphatic carbocycles. The van der Waals surface area contributed by atoms with Gasteiger partial charge in [0.1, 0.15) is 22.3 Å². The van der Waals surface area contributed by atoms with Crippen LogP contribution in [0.1, 0.15) is 37.8 Å². The van der Waals surface area contributed by atoms with Crippen LogP contribution in [-0.4, -0.2) is 23.1 Å². The molecule has 0 saturated heterocycles. The van der Waals surface area contributed by atoms with Gasteiger partial charge >= 0.3 is 0 Å². The van der Waals surface area contributed by atoms with Crippen molar-refractivity contribution >= 4 is 65.1 Å². The van der Waals surface area contributed by atoms with Gasteiger partial charge in [0, 0.05) is 17.1 Å². The van der Waals surface area contributed by atoms with Crippen molar-refractivity contribution < 1.29 is 4.74 Å². The van der Waals surface area contributed by atoms with Crippen LogP contribution in [0.25, 0.3) is 0 Å². The van der Waals surface area contributed by atoms with Crippen LogP contribution in [0.4, 0.5) is 5.69 Å². The third-order valence-corrected chi connectivity index (χ3v) is 5.14. The lowest BCUT2D eigenvalue weighted by molar-refractivity contribution is 0.281. The predicted octanol–water partition coefficient (Wildman–Crippen LogP) is 5.13. The molecule has 0 aromatic heterocycles. The number of amidine groups is 1. The molecule has 3 rings (SSSR count). The van der Waals surface area contributed by atoms with Gasteiger partial charge in [0.05, 0.1) is 6.17 Å². The van der Waals surface area contributed by atoms with E-state index in [9.17, 15) is 0 Å². The molecule has 1 aliphatic rings. The number of benzene rings is 2. The first-order valence-corrected chi connectivity index (χ1v) is 10.2. The average Bonchev–Trinajstić information content (AvgIpc) is 2.67. The number of thiocarbonyl (C=S) groups is 1. The topological polar surface area (TPSA) is 71.7 Å². The Kier molecular flexibility index (Phi) is 10.9. The van der Waals surface area contributed by atoms with Gasteiger partial charge in [0.2, 0.25) is 0 Å². The second-order valence-electron chi connectivity index (χ2n) is 6.80. The van der Waals surface area contributed by atoms with E-state index in [0.29, 0.717) is 22.4 Å². The van der Waals surface area contributed by atoms with Crippen LogP contribution in [0.2, 0.25) is 5.02 Å². The number of fused-ring (bicyclic) bond motifs is 1. The van der Waals surface area contributed by atoms with E-state index in [0.717, 1.165) is 35.4 Å². The van der Waals surface area contributed by atoms with Crippen molar-refractivity contribution in [2.24, 2.45) is 10.7 Å². The van der Waals surface area contributed by atoms with E-state index in [1.807, 2.05) is 49.4 Å². The Morgan fingerprint density at radius 3 is 2.60 bits per heavy atom. The van der Waals surface area contributed by atoms with Crippen molar-refractivity contribution in [3.63, 3.8) is 0 Å². The standard InChI is InChI=1S/C21H25ClN4OS.2ClH/c1-3-4-19(26-21(28)15-6-8-16(22)9-7-15)24-12-14-5-10-18-17(11-14)25-20(23)13(2)27-18;;/h5-11,13,19,24H,3-4,12H2,1-2H3,(H2,23,25)(H,26,28);2*1H. The molecule has 164 valence electrons. The zero-order valence-electron chi connectivity index (χ0n) is 16.9. The largest absolute Gasteiger partial charge is 0.481 e. The van der Waals surface area contributed by atoms with Gasteiger partial charge in [-0.3, -0.25) is 5.32 Å². The summed E-state index contributed by atoms with van der Waals surface area (Å²) in [6.07, 6.45) is 1.85. The Hall–Kier alpha value is -1.57. The van der Waals surface area contributed by atoms with Gasteiger partial charge in [-0.05, 0) is 43.2 Å². The lowest BCUT2D eigenvalue weighted by atomic mass is 10.1. The molecule has 0 saturated carbocycles. The van der Waals surface area contributed by atoms with Crippen molar-refractivity contribution in [1.82, 2.24) is 10.6 Å². The summed E-state index contributed by atoms with van der Waals surface area (Å²) in [5, 5.41) is 7.63. The second kappa shape index (κ2) is 12.3. The Morgan fingerprint density at radius 2 is 1.93 bits per heavy atom. The number of nitrogens with zero attached hydrogens (tertiary/aromatic N) is 1. The summed E-state index contributed by atoms with van der Waals surface area (Å²) >= 11 is 11.5. The highest BCUT2D eigenvalue weighted by Gasteiger charge is 2.18. The third kappa shape index (κ3) is 7.00. The minimum Gasteiger partial charge on any atom is -0.481 e. The molecule has 0 amide bonds. The van der Waals surface area contributed by atoms with E-state index in [4.69, 9.17) is 34.3 Å². The molecule has 5 nitrogen and oxygen atoms in total. The van der Waals surface area contributed by atoms with Gasteiger partial charge in [-0.25, -0.2) is 4.99 Å². The summed E-state index contributed by atoms with van der Waals surface area (Å²) in [4.78, 5) is 5.14. The Labute approximate surface area is 200 Å². The lowest BCUT2D eigenvalue weighted by Crippen LogP contribution is -2.44. The Bertz CT molecular complexity index is 877. The number of aliphatic imine (C=N–C) groups is 1. The second-order valence-corrected chi connectivity index (χ2v) is 7.65. The highest BCUT2D eigenvalue weighted by Crippen LogP contribution is 2.32. The zero-order chi connectivity index (χ0) is 20.1. The lowest BCUT2D eigenvalue weighted by Gasteiger charge is -2.23. The molecular formula is C21H27Cl3N4OS. The summed E-state index contributed by atoms with van der Waals surface area (Å²) in [5.41, 5.74) is 8.73. The van der Waals surface area contributed by atoms with Crippen molar-refractivity contribution in [1.29, 1.82) is 0 Å². The maximum atomic E-state index is 5.95. The van der Waals surface area contributed by atoms with E-state index in [1.54, 1.807) is 0 Å². The number of hydrogen-bond acceptors (Lipinski definition) is 5. The first-order chi connectivity index (χ1) is 13.5. The van der Waals surface area contributed by atoms with Crippen LogP contribution < -0.4 is 21.1 Å². The fraction of sp³-hybridized carbons (Fsp3) is 0.333. The summed E-state index contributed by atoms with van der Waals surface area (Å²) in [6.45, 7) is 4.72. The molecule has 0 spiro atoms. The highest BCUT2D eigenvalue weighted by molar-refractivity contribution is 7.80. The Balaban J connectivity index is 0.00000225. The number of rotatable bonds is 7. The smallest absolute Gasteiger partial charge is 0.153 e. The average molecular weight is 490 g/mol. The molecule has 2 atom stereocenters. The summed E-state index contributed by atoms with van der Waals surface area (Å²) in [5.74, 6) is 1.26. The molecule has 30 heavy (non-hydrogen) atoms. The van der Waals surface area contributed by atoms with Crippen molar-refractivity contribution in [3.8, 4) is 5.75 Å². The molecule has 1 aliphatic heterocycles. The molecule has 2 aromatic carbocycles. The molecule has 0 bridgehead atoms. The SMILES string of the molecule is CCCC(NCc1ccc2c(c1)N=C(N)C(C)O2)NC(=S)c1ccc(Cl)cc1.Cl.Cl. The highest BCUT2D eigenvalue weighted by atomic mass is 35.5. The quantitative estimate of drug-likeness (QED) is 0.371. The van der Waals surface area contributed by atoms with E-state index in [2.05, 4.69) is 22.5 Å². The van der Waals surface area contributed by atoms with E-state index >= 15 is 0 Å². The number of halogens is 3. The summed E-state index contributed by atoms with van der Waals surface area (Å²) in [7, 11) is 0. The van der Waals surface area contributed by atoms with Crippen LogP contribution in [0.5, 0.6) is 5.75 Å². The summed E-state index contributed by atoms with van der Waals surface area (Å²) < 4.78 is 5.76. The molecule has 2 aromatic rings. The molecule has 0 radical (unpaired) electrons. The number of hydrogen-bond donors (Lipinski definition) is 3. The fourth-order valence-electron chi connectivity index (χ4n) is 2.94. The van der Waals surface area contributed by atoms with Crippen LogP contribution in [0.15, 0.2) is 47.5 Å². The monoisotopic (exact) mass is 488 g/mol. The fourth-order valence-corrected chi connectivity index (χ4v) is 3.34. The van der Waals surface area contributed by atoms with E-state index < -0.39 is 0 Å². The molecular weight excluding hydrogens is 463 g/mol. The van der Waals surface area contributed by atoms with Gasteiger partial charge in [-0.1, -0.05) is 55.4 Å². The number of nitrogens with two attached hydrogens (primary N) is 1. The Morgan fingerprint density at radius 1 is 1.23 bits per heavy atom. The minimum atomic E-state index is -0.191. The maximum absolute atomic E-state index is 5.95. The van der Waals surface area contributed by atoms with Crippen LogP contribution in [-0.2, 0) is 6.54 Å². The first kappa shape index (κ1) is 26.5. The predicted molar refractivity (Wildman–Crippen MR) is 134 cm³/mol. The van der Waals surface area contributed by atoms with Gasteiger partial charge in [0.15, 0.2) is 6.10 Å². The van der Waals surface area contributed by atoms with Gasteiger partial charge in [-0.2, -0.15) is 0 Å². The van der Waals surface area contributed by atoms with E-state index in [-0.39, 0.29) is 37.1 Å². The van der Waals surface area contributed by atoms with Crippen molar-refractivity contribution in [2.45, 2.75) is 45.5 Å². The zero-order valence-corrected chi connectivity index (χ0v) is 20.1. The number of ether oxygens (including phenoxy) is 1. The van der Waals surface area contributed by atoms with Gasteiger partial charge < -0.3 is 15.8 Å². The molecule has 2 unspecified atom stereocenters. The van der Waals surface area contributed by atoms with Crippen LogP contribution in [0, 0.1) is 0 Å². The summed E-state index contributed by atoms with van der Waals surface area (Å²) in [6, 6.07) is 13.5. The van der Waals surface area contributed by atoms with Crippen molar-refractivity contribution in [2.75, 3.05) is 0 Å². The first-order valence-electron chi connectivity index (χ1n) is 9.39. The van der Waals surface area contributed by atoms with Crippen LogP contribution >= 0.6 is 48.6 Å².